The smallest absolute Gasteiger partial charge is 0.325 e. The van der Waals surface area contributed by atoms with Crippen LogP contribution in [0.1, 0.15) is 42.9 Å². The van der Waals surface area contributed by atoms with Crippen molar-refractivity contribution in [3.63, 3.8) is 0 Å². The molecule has 9 heteroatoms. The SMILES string of the molecule is CCOC(=O)C1(C(=O)OCC)C[C@@H](c2ccc(OC)c(OC)c2)[C@H](C(=O)OC)[C@H]1N(Cc1ccccc1)Cc1ccccc1. The summed E-state index contributed by atoms with van der Waals surface area (Å²) in [5.41, 5.74) is 0.746. The summed E-state index contributed by atoms with van der Waals surface area (Å²) in [6.07, 6.45) is -0.0370. The quantitative estimate of drug-likeness (QED) is 0.149. The van der Waals surface area contributed by atoms with Gasteiger partial charge in [0, 0.05) is 19.0 Å². The van der Waals surface area contributed by atoms with E-state index in [1.807, 2.05) is 71.6 Å². The van der Waals surface area contributed by atoms with Gasteiger partial charge in [-0.2, -0.15) is 0 Å². The normalized spacial score (nSPS) is 18.8. The Balaban J connectivity index is 2.00. The van der Waals surface area contributed by atoms with E-state index in [-0.39, 0.29) is 19.6 Å². The summed E-state index contributed by atoms with van der Waals surface area (Å²) in [6, 6.07) is 23.8. The van der Waals surface area contributed by atoms with Crippen LogP contribution in [0.25, 0.3) is 0 Å². The van der Waals surface area contributed by atoms with Gasteiger partial charge < -0.3 is 23.7 Å². The van der Waals surface area contributed by atoms with Crippen molar-refractivity contribution >= 4 is 17.9 Å². The molecule has 3 aromatic carbocycles. The van der Waals surface area contributed by atoms with Gasteiger partial charge in [0.1, 0.15) is 0 Å². The van der Waals surface area contributed by atoms with Gasteiger partial charge in [-0.1, -0.05) is 66.7 Å². The van der Waals surface area contributed by atoms with Crippen LogP contribution in [-0.4, -0.2) is 63.4 Å². The standard InChI is InChI=1S/C35H41NO8/c1-6-43-33(38)35(34(39)44-7-2)21-27(26-18-19-28(40-3)29(20-26)41-4)30(32(37)42-5)31(35)36(22-24-14-10-8-11-15-24)23-25-16-12-9-13-17-25/h8-20,27,30-31H,6-7,21-23H2,1-5H3/t27-,30-,31+/m0/s1. The van der Waals surface area contributed by atoms with Gasteiger partial charge in [-0.05, 0) is 49.1 Å². The molecule has 3 atom stereocenters. The van der Waals surface area contributed by atoms with E-state index in [0.29, 0.717) is 30.2 Å². The Bertz CT molecular complexity index is 1350. The summed E-state index contributed by atoms with van der Waals surface area (Å²) in [5.74, 6) is -2.61. The summed E-state index contributed by atoms with van der Waals surface area (Å²) in [5, 5.41) is 0. The molecule has 0 heterocycles. The zero-order valence-electron chi connectivity index (χ0n) is 26.0. The first kappa shape index (κ1) is 32.5. The average molecular weight is 604 g/mol. The molecule has 9 nitrogen and oxygen atoms in total. The molecule has 3 aromatic rings. The van der Waals surface area contributed by atoms with Crippen LogP contribution in [0, 0.1) is 11.3 Å². The highest BCUT2D eigenvalue weighted by Gasteiger charge is 2.68. The number of esters is 3. The van der Waals surface area contributed by atoms with Crippen molar-refractivity contribution in [1.29, 1.82) is 0 Å². The lowest BCUT2D eigenvalue weighted by Gasteiger charge is -2.40. The molecule has 234 valence electrons. The van der Waals surface area contributed by atoms with E-state index in [1.165, 1.54) is 21.3 Å². The lowest BCUT2D eigenvalue weighted by atomic mass is 9.78. The number of methoxy groups -OCH3 is 3. The Labute approximate surface area is 259 Å². The fraction of sp³-hybridized carbons (Fsp3) is 0.400. The average Bonchev–Trinajstić information content (AvgIpc) is 3.42. The van der Waals surface area contributed by atoms with E-state index in [9.17, 15) is 14.4 Å². The van der Waals surface area contributed by atoms with Crippen LogP contribution < -0.4 is 9.47 Å². The van der Waals surface area contributed by atoms with Crippen molar-refractivity contribution in [1.82, 2.24) is 4.90 Å². The highest BCUT2D eigenvalue weighted by molar-refractivity contribution is 6.03. The van der Waals surface area contributed by atoms with E-state index in [4.69, 9.17) is 23.7 Å². The molecule has 0 aromatic heterocycles. The second-order valence-electron chi connectivity index (χ2n) is 10.7. The summed E-state index contributed by atoms with van der Waals surface area (Å²) >= 11 is 0. The highest BCUT2D eigenvalue weighted by Crippen LogP contribution is 2.55. The van der Waals surface area contributed by atoms with Crippen LogP contribution in [0.2, 0.25) is 0 Å². The number of nitrogens with zero attached hydrogens (tertiary/aromatic N) is 1. The van der Waals surface area contributed by atoms with E-state index < -0.39 is 41.2 Å². The predicted molar refractivity (Wildman–Crippen MR) is 164 cm³/mol. The molecule has 0 radical (unpaired) electrons. The predicted octanol–water partition coefficient (Wildman–Crippen LogP) is 5.16. The summed E-state index contributed by atoms with van der Waals surface area (Å²) in [6.45, 7) is 4.16. The Morgan fingerprint density at radius 3 is 1.73 bits per heavy atom. The van der Waals surface area contributed by atoms with Gasteiger partial charge in [-0.3, -0.25) is 19.3 Å². The monoisotopic (exact) mass is 603 g/mol. The van der Waals surface area contributed by atoms with Crippen LogP contribution in [0.3, 0.4) is 0 Å². The van der Waals surface area contributed by atoms with E-state index in [2.05, 4.69) is 0 Å². The number of carbonyl (C=O) groups is 3. The van der Waals surface area contributed by atoms with Crippen LogP contribution >= 0.6 is 0 Å². The molecule has 44 heavy (non-hydrogen) atoms. The maximum atomic E-state index is 14.2. The minimum absolute atomic E-state index is 0.0370. The lowest BCUT2D eigenvalue weighted by molar-refractivity contribution is -0.178. The van der Waals surface area contributed by atoms with E-state index in [1.54, 1.807) is 26.0 Å². The van der Waals surface area contributed by atoms with Gasteiger partial charge in [0.05, 0.1) is 46.5 Å². The fourth-order valence-corrected chi connectivity index (χ4v) is 6.40. The van der Waals surface area contributed by atoms with Crippen molar-refractivity contribution in [2.24, 2.45) is 11.3 Å². The molecule has 0 amide bonds. The van der Waals surface area contributed by atoms with Gasteiger partial charge >= 0.3 is 17.9 Å². The zero-order valence-corrected chi connectivity index (χ0v) is 26.0. The number of carbonyl (C=O) groups excluding carboxylic acids is 3. The van der Waals surface area contributed by atoms with Crippen LogP contribution in [-0.2, 0) is 41.7 Å². The van der Waals surface area contributed by atoms with Gasteiger partial charge in [-0.25, -0.2) is 0 Å². The van der Waals surface area contributed by atoms with Crippen molar-refractivity contribution in [2.75, 3.05) is 34.5 Å². The maximum Gasteiger partial charge on any atom is 0.325 e. The van der Waals surface area contributed by atoms with Crippen molar-refractivity contribution in [3.05, 3.63) is 95.6 Å². The van der Waals surface area contributed by atoms with Crippen molar-refractivity contribution < 1.29 is 38.1 Å². The minimum Gasteiger partial charge on any atom is -0.493 e. The van der Waals surface area contributed by atoms with Gasteiger partial charge in [-0.15, -0.1) is 0 Å². The largest absolute Gasteiger partial charge is 0.493 e. The fourth-order valence-electron chi connectivity index (χ4n) is 6.40. The number of rotatable bonds is 13. The van der Waals surface area contributed by atoms with Gasteiger partial charge in [0.15, 0.2) is 16.9 Å². The highest BCUT2D eigenvalue weighted by atomic mass is 16.6. The molecular formula is C35H41NO8. The molecule has 0 aliphatic heterocycles. The molecule has 1 fully saturated rings. The molecule has 0 unspecified atom stereocenters. The molecule has 4 rings (SSSR count). The van der Waals surface area contributed by atoms with Crippen molar-refractivity contribution in [3.8, 4) is 11.5 Å². The number of benzene rings is 3. The Morgan fingerprint density at radius 1 is 0.750 bits per heavy atom. The van der Waals surface area contributed by atoms with Gasteiger partial charge in [0.2, 0.25) is 0 Å². The minimum atomic E-state index is -1.84. The van der Waals surface area contributed by atoms with Crippen LogP contribution in [0.15, 0.2) is 78.9 Å². The molecule has 1 aliphatic rings. The Hall–Kier alpha value is -4.37. The summed E-state index contributed by atoms with van der Waals surface area (Å²) in [4.78, 5) is 44.4. The van der Waals surface area contributed by atoms with E-state index >= 15 is 0 Å². The third-order valence-electron chi connectivity index (χ3n) is 8.26. The maximum absolute atomic E-state index is 14.2. The molecule has 1 saturated carbocycles. The van der Waals surface area contributed by atoms with Crippen LogP contribution in [0.5, 0.6) is 11.5 Å². The third kappa shape index (κ3) is 6.58. The first-order valence-electron chi connectivity index (χ1n) is 14.8. The molecule has 0 bridgehead atoms. The number of ether oxygens (including phenoxy) is 5. The Morgan fingerprint density at radius 2 is 1.27 bits per heavy atom. The second kappa shape index (κ2) is 14.9. The zero-order chi connectivity index (χ0) is 31.7. The number of hydrogen-bond donors (Lipinski definition) is 0. The number of hydrogen-bond acceptors (Lipinski definition) is 9. The molecule has 0 spiro atoms. The first-order chi connectivity index (χ1) is 21.3. The van der Waals surface area contributed by atoms with Crippen LogP contribution in [0.4, 0.5) is 0 Å². The molecular weight excluding hydrogens is 562 g/mol. The summed E-state index contributed by atoms with van der Waals surface area (Å²) < 4.78 is 27.7. The topological polar surface area (TPSA) is 101 Å². The molecule has 0 N–H and O–H groups in total. The van der Waals surface area contributed by atoms with E-state index in [0.717, 1.165) is 11.1 Å². The third-order valence-corrected chi connectivity index (χ3v) is 8.26. The van der Waals surface area contributed by atoms with Gasteiger partial charge in [0.25, 0.3) is 0 Å². The Kier molecular flexibility index (Phi) is 11.0. The lowest BCUT2D eigenvalue weighted by Crippen LogP contribution is -2.57. The molecule has 1 aliphatic carbocycles. The van der Waals surface area contributed by atoms with Crippen molar-refractivity contribution in [2.45, 2.75) is 45.3 Å². The summed E-state index contributed by atoms with van der Waals surface area (Å²) in [7, 11) is 4.39. The second-order valence-corrected chi connectivity index (χ2v) is 10.7. The molecule has 0 saturated heterocycles. The first-order valence-corrected chi connectivity index (χ1v) is 14.8.